The first kappa shape index (κ1) is 15.0. The lowest BCUT2D eigenvalue weighted by Crippen LogP contribution is -2.13. The Balaban J connectivity index is 2.22. The molecule has 0 saturated carbocycles. The highest BCUT2D eigenvalue weighted by Gasteiger charge is 2.13. The Morgan fingerprint density at radius 3 is 2.67 bits per heavy atom. The minimum atomic E-state index is -0.487. The van der Waals surface area contributed by atoms with Crippen molar-refractivity contribution in [2.75, 3.05) is 5.32 Å². The Labute approximate surface area is 126 Å². The lowest BCUT2D eigenvalue weighted by atomic mass is 10.1. The molecular formula is C15H13ClN2O3. The lowest BCUT2D eigenvalue weighted by molar-refractivity contribution is -0.384. The molecule has 5 nitrogen and oxygen atoms in total. The van der Waals surface area contributed by atoms with E-state index in [1.165, 1.54) is 18.2 Å². The SMILES string of the molecule is Cc1cc([N+](=O)[O-])ccc1C(=O)Nc1cccc(CCl)c1. The van der Waals surface area contributed by atoms with Crippen LogP contribution in [-0.2, 0) is 5.88 Å². The average molecular weight is 305 g/mol. The molecule has 0 atom stereocenters. The number of amides is 1. The molecule has 6 heteroatoms. The summed E-state index contributed by atoms with van der Waals surface area (Å²) < 4.78 is 0. The van der Waals surface area contributed by atoms with Gasteiger partial charge in [-0.15, -0.1) is 11.6 Å². The van der Waals surface area contributed by atoms with Gasteiger partial charge in [-0.05, 0) is 36.2 Å². The van der Waals surface area contributed by atoms with Crippen LogP contribution in [0.3, 0.4) is 0 Å². The summed E-state index contributed by atoms with van der Waals surface area (Å²) in [5.74, 6) is 0.0504. The normalized spacial score (nSPS) is 10.2. The number of halogens is 1. The molecule has 0 aromatic heterocycles. The van der Waals surface area contributed by atoms with Gasteiger partial charge < -0.3 is 5.32 Å². The standard InChI is InChI=1S/C15H13ClN2O3/c1-10-7-13(18(20)21)5-6-14(10)15(19)17-12-4-2-3-11(8-12)9-16/h2-8H,9H2,1H3,(H,17,19). The molecule has 0 heterocycles. The van der Waals surface area contributed by atoms with Crippen LogP contribution in [0.25, 0.3) is 0 Å². The number of aryl methyl sites for hydroxylation is 1. The maximum absolute atomic E-state index is 12.2. The summed E-state index contributed by atoms with van der Waals surface area (Å²) in [6.45, 7) is 1.66. The third kappa shape index (κ3) is 3.58. The first-order chi connectivity index (χ1) is 10.0. The number of nitrogens with one attached hydrogen (secondary N) is 1. The van der Waals surface area contributed by atoms with Crippen molar-refractivity contribution < 1.29 is 9.72 Å². The molecule has 0 aliphatic rings. The summed E-state index contributed by atoms with van der Waals surface area (Å²) in [5, 5.41) is 13.4. The van der Waals surface area contributed by atoms with E-state index in [1.54, 1.807) is 25.1 Å². The molecule has 0 aliphatic carbocycles. The van der Waals surface area contributed by atoms with Gasteiger partial charge in [0.1, 0.15) is 0 Å². The van der Waals surface area contributed by atoms with Gasteiger partial charge in [-0.1, -0.05) is 12.1 Å². The van der Waals surface area contributed by atoms with Gasteiger partial charge in [0.05, 0.1) is 4.92 Å². The van der Waals surface area contributed by atoms with Crippen LogP contribution in [0.15, 0.2) is 42.5 Å². The summed E-state index contributed by atoms with van der Waals surface area (Å²) in [7, 11) is 0. The van der Waals surface area contributed by atoms with E-state index < -0.39 is 4.92 Å². The average Bonchev–Trinajstić information content (AvgIpc) is 2.47. The fraction of sp³-hybridized carbons (Fsp3) is 0.133. The molecule has 0 aliphatic heterocycles. The van der Waals surface area contributed by atoms with Gasteiger partial charge in [0, 0.05) is 29.3 Å². The molecule has 0 bridgehead atoms. The first-order valence-electron chi connectivity index (χ1n) is 6.22. The van der Waals surface area contributed by atoms with E-state index in [4.69, 9.17) is 11.6 Å². The molecule has 2 aromatic rings. The number of nitrogens with zero attached hydrogens (tertiary/aromatic N) is 1. The Bertz CT molecular complexity index is 701. The summed E-state index contributed by atoms with van der Waals surface area (Å²) >= 11 is 5.75. The number of anilines is 1. The molecule has 0 spiro atoms. The third-order valence-electron chi connectivity index (χ3n) is 3.00. The number of rotatable bonds is 4. The Morgan fingerprint density at radius 2 is 2.05 bits per heavy atom. The topological polar surface area (TPSA) is 72.2 Å². The maximum atomic E-state index is 12.2. The number of nitro benzene ring substituents is 1. The molecule has 108 valence electrons. The first-order valence-corrected chi connectivity index (χ1v) is 6.76. The molecule has 1 amide bonds. The van der Waals surface area contributed by atoms with Crippen molar-refractivity contribution in [1.29, 1.82) is 0 Å². The monoisotopic (exact) mass is 304 g/mol. The highest BCUT2D eigenvalue weighted by atomic mass is 35.5. The second-order valence-electron chi connectivity index (χ2n) is 4.54. The molecular weight excluding hydrogens is 292 g/mol. The second-order valence-corrected chi connectivity index (χ2v) is 4.81. The fourth-order valence-electron chi connectivity index (χ4n) is 1.95. The van der Waals surface area contributed by atoms with E-state index in [-0.39, 0.29) is 11.6 Å². The number of hydrogen-bond donors (Lipinski definition) is 1. The van der Waals surface area contributed by atoms with Gasteiger partial charge in [0.2, 0.25) is 0 Å². The van der Waals surface area contributed by atoms with Crippen LogP contribution in [0, 0.1) is 17.0 Å². The molecule has 0 radical (unpaired) electrons. The largest absolute Gasteiger partial charge is 0.322 e. The van der Waals surface area contributed by atoms with Gasteiger partial charge in [0.15, 0.2) is 0 Å². The number of carbonyl (C=O) groups excluding carboxylic acids is 1. The zero-order chi connectivity index (χ0) is 15.4. The predicted octanol–water partition coefficient (Wildman–Crippen LogP) is 3.89. The fourth-order valence-corrected chi connectivity index (χ4v) is 2.11. The minimum Gasteiger partial charge on any atom is -0.322 e. The van der Waals surface area contributed by atoms with Crippen LogP contribution in [0.1, 0.15) is 21.5 Å². The summed E-state index contributed by atoms with van der Waals surface area (Å²) in [5.41, 5.74) is 2.45. The van der Waals surface area contributed by atoms with Crippen molar-refractivity contribution >= 4 is 28.9 Å². The van der Waals surface area contributed by atoms with Crippen molar-refractivity contribution in [3.05, 3.63) is 69.3 Å². The van der Waals surface area contributed by atoms with E-state index in [1.807, 2.05) is 6.07 Å². The molecule has 21 heavy (non-hydrogen) atoms. The smallest absolute Gasteiger partial charge is 0.269 e. The van der Waals surface area contributed by atoms with E-state index in [2.05, 4.69) is 5.32 Å². The van der Waals surface area contributed by atoms with Gasteiger partial charge in [-0.25, -0.2) is 0 Å². The Hall–Kier alpha value is -2.40. The van der Waals surface area contributed by atoms with E-state index >= 15 is 0 Å². The van der Waals surface area contributed by atoms with Crippen LogP contribution in [-0.4, -0.2) is 10.8 Å². The van der Waals surface area contributed by atoms with Gasteiger partial charge in [0.25, 0.3) is 11.6 Å². The Kier molecular flexibility index (Phi) is 4.55. The number of nitro groups is 1. The van der Waals surface area contributed by atoms with Crippen molar-refractivity contribution in [1.82, 2.24) is 0 Å². The molecule has 1 N–H and O–H groups in total. The highest BCUT2D eigenvalue weighted by molar-refractivity contribution is 6.17. The van der Waals surface area contributed by atoms with Crippen LogP contribution in [0.2, 0.25) is 0 Å². The third-order valence-corrected chi connectivity index (χ3v) is 3.31. The number of benzene rings is 2. The summed E-state index contributed by atoms with van der Waals surface area (Å²) in [4.78, 5) is 22.4. The van der Waals surface area contributed by atoms with Crippen molar-refractivity contribution in [3.63, 3.8) is 0 Å². The van der Waals surface area contributed by atoms with Crippen molar-refractivity contribution in [2.24, 2.45) is 0 Å². The molecule has 2 rings (SSSR count). The van der Waals surface area contributed by atoms with Gasteiger partial charge in [-0.3, -0.25) is 14.9 Å². The van der Waals surface area contributed by atoms with Crippen LogP contribution in [0.5, 0.6) is 0 Å². The number of alkyl halides is 1. The van der Waals surface area contributed by atoms with E-state index in [0.29, 0.717) is 22.7 Å². The van der Waals surface area contributed by atoms with Crippen molar-refractivity contribution in [2.45, 2.75) is 12.8 Å². The maximum Gasteiger partial charge on any atom is 0.269 e. The summed E-state index contributed by atoms with van der Waals surface area (Å²) in [6, 6.07) is 11.4. The van der Waals surface area contributed by atoms with E-state index in [0.717, 1.165) is 5.56 Å². The van der Waals surface area contributed by atoms with Crippen LogP contribution >= 0.6 is 11.6 Å². The highest BCUT2D eigenvalue weighted by Crippen LogP contribution is 2.19. The quantitative estimate of drug-likeness (QED) is 0.529. The van der Waals surface area contributed by atoms with Crippen LogP contribution in [0.4, 0.5) is 11.4 Å². The minimum absolute atomic E-state index is 0.0341. The number of carbonyl (C=O) groups is 1. The zero-order valence-corrected chi connectivity index (χ0v) is 12.1. The van der Waals surface area contributed by atoms with Gasteiger partial charge >= 0.3 is 0 Å². The van der Waals surface area contributed by atoms with Crippen LogP contribution < -0.4 is 5.32 Å². The molecule has 0 unspecified atom stereocenters. The second kappa shape index (κ2) is 6.37. The van der Waals surface area contributed by atoms with Crippen molar-refractivity contribution in [3.8, 4) is 0 Å². The number of hydrogen-bond acceptors (Lipinski definition) is 3. The lowest BCUT2D eigenvalue weighted by Gasteiger charge is -2.08. The molecule has 0 saturated heterocycles. The summed E-state index contributed by atoms with van der Waals surface area (Å²) in [6.07, 6.45) is 0. The Morgan fingerprint density at radius 1 is 1.29 bits per heavy atom. The zero-order valence-electron chi connectivity index (χ0n) is 11.3. The number of non-ortho nitro benzene ring substituents is 1. The van der Waals surface area contributed by atoms with Gasteiger partial charge in [-0.2, -0.15) is 0 Å². The molecule has 0 fully saturated rings. The predicted molar refractivity (Wildman–Crippen MR) is 81.8 cm³/mol. The molecule has 2 aromatic carbocycles. The van der Waals surface area contributed by atoms with E-state index in [9.17, 15) is 14.9 Å².